The van der Waals surface area contributed by atoms with Gasteiger partial charge in [0.25, 0.3) is 0 Å². The summed E-state index contributed by atoms with van der Waals surface area (Å²) in [6.45, 7) is 3.94. The first-order valence-electron chi connectivity index (χ1n) is 12.3. The summed E-state index contributed by atoms with van der Waals surface area (Å²) in [5, 5.41) is 4.58. The number of carbonyl (C=O) groups excluding carboxylic acids is 2. The molecule has 9 heteroatoms. The van der Waals surface area contributed by atoms with Crippen molar-refractivity contribution >= 4 is 32.6 Å². The number of nitrogens with one attached hydrogen (secondary N) is 1. The molecule has 0 heterocycles. The van der Waals surface area contributed by atoms with Crippen LogP contribution in [0.15, 0.2) is 71.6 Å². The van der Waals surface area contributed by atoms with Crippen LogP contribution in [-0.2, 0) is 26.2 Å². The van der Waals surface area contributed by atoms with Crippen LogP contribution in [0.5, 0.6) is 5.75 Å². The molecule has 3 rings (SSSR count). The van der Waals surface area contributed by atoms with E-state index in [-0.39, 0.29) is 17.3 Å². The molecule has 1 N–H and O–H groups in total. The Hall–Kier alpha value is -3.43. The van der Waals surface area contributed by atoms with Crippen molar-refractivity contribution in [3.8, 4) is 5.75 Å². The van der Waals surface area contributed by atoms with Crippen LogP contribution in [-0.4, -0.2) is 62.7 Å². The SMILES string of the molecule is CCCCNC(=O)C(C)N(Cc1ccc(OC)cc1)C(=O)CN(C)S(=O)(=O)c1ccc2ccccc2c1. The Morgan fingerprint density at radius 3 is 2.32 bits per heavy atom. The van der Waals surface area contributed by atoms with E-state index in [9.17, 15) is 18.0 Å². The van der Waals surface area contributed by atoms with Gasteiger partial charge >= 0.3 is 0 Å². The van der Waals surface area contributed by atoms with Crippen LogP contribution in [0.4, 0.5) is 0 Å². The lowest BCUT2D eigenvalue weighted by molar-refractivity contribution is -0.140. The normalized spacial score (nSPS) is 12.4. The fraction of sp³-hybridized carbons (Fsp3) is 0.357. The molecule has 0 saturated heterocycles. The standard InChI is InChI=1S/C28H35N3O5S/c1-5-6-17-29-28(33)21(2)31(19-22-11-14-25(36-4)15-12-22)27(32)20-30(3)37(34,35)26-16-13-23-9-7-8-10-24(23)18-26/h7-16,18,21H,5-6,17,19-20H2,1-4H3,(H,29,33). The fourth-order valence-corrected chi connectivity index (χ4v) is 5.08. The molecule has 0 aliphatic heterocycles. The number of fused-ring (bicyclic) bond motifs is 1. The summed E-state index contributed by atoms with van der Waals surface area (Å²) in [5.41, 5.74) is 0.794. The molecule has 0 radical (unpaired) electrons. The van der Waals surface area contributed by atoms with E-state index in [2.05, 4.69) is 5.32 Å². The van der Waals surface area contributed by atoms with Gasteiger partial charge in [0.15, 0.2) is 0 Å². The highest BCUT2D eigenvalue weighted by Crippen LogP contribution is 2.22. The average molecular weight is 526 g/mol. The molecule has 0 fully saturated rings. The third-order valence-electron chi connectivity index (χ3n) is 6.30. The van der Waals surface area contributed by atoms with Gasteiger partial charge in [0.2, 0.25) is 21.8 Å². The molecule has 0 aliphatic rings. The van der Waals surface area contributed by atoms with Gasteiger partial charge in [0, 0.05) is 20.1 Å². The molecule has 37 heavy (non-hydrogen) atoms. The predicted octanol–water partition coefficient (Wildman–Crippen LogP) is 3.80. The third kappa shape index (κ3) is 7.08. The number of nitrogens with zero attached hydrogens (tertiary/aromatic N) is 2. The average Bonchev–Trinajstić information content (AvgIpc) is 2.91. The van der Waals surface area contributed by atoms with Crippen molar-refractivity contribution in [2.45, 2.75) is 44.2 Å². The van der Waals surface area contributed by atoms with Gasteiger partial charge in [-0.3, -0.25) is 9.59 Å². The van der Waals surface area contributed by atoms with Gasteiger partial charge in [-0.05, 0) is 53.9 Å². The number of rotatable bonds is 12. The topological polar surface area (TPSA) is 96.0 Å². The van der Waals surface area contributed by atoms with Gasteiger partial charge in [-0.1, -0.05) is 55.8 Å². The Morgan fingerprint density at radius 2 is 1.68 bits per heavy atom. The zero-order chi connectivity index (χ0) is 27.0. The van der Waals surface area contributed by atoms with Crippen molar-refractivity contribution in [2.75, 3.05) is 27.2 Å². The van der Waals surface area contributed by atoms with Crippen LogP contribution < -0.4 is 10.1 Å². The monoisotopic (exact) mass is 525 g/mol. The molecule has 198 valence electrons. The molecule has 2 amide bonds. The molecule has 0 aromatic heterocycles. The number of unbranched alkanes of at least 4 members (excludes halogenated alkanes) is 1. The third-order valence-corrected chi connectivity index (χ3v) is 8.10. The lowest BCUT2D eigenvalue weighted by atomic mass is 10.1. The molecule has 1 unspecified atom stereocenters. The second-order valence-electron chi connectivity index (χ2n) is 8.96. The minimum absolute atomic E-state index is 0.105. The molecule has 0 bridgehead atoms. The number of methoxy groups -OCH3 is 1. The minimum atomic E-state index is -3.94. The van der Waals surface area contributed by atoms with Crippen molar-refractivity contribution in [2.24, 2.45) is 0 Å². The number of sulfonamides is 1. The summed E-state index contributed by atoms with van der Waals surface area (Å²) in [5.74, 6) is -0.0793. The van der Waals surface area contributed by atoms with Crippen molar-refractivity contribution < 1.29 is 22.7 Å². The Balaban J connectivity index is 1.82. The molecule has 0 aliphatic carbocycles. The van der Waals surface area contributed by atoms with E-state index >= 15 is 0 Å². The number of benzene rings is 3. The maximum atomic E-state index is 13.5. The van der Waals surface area contributed by atoms with E-state index in [1.165, 1.54) is 18.0 Å². The highest BCUT2D eigenvalue weighted by atomic mass is 32.2. The fourth-order valence-electron chi connectivity index (χ4n) is 3.92. The second kappa shape index (κ2) is 12.7. The van der Waals surface area contributed by atoms with Crippen molar-refractivity contribution in [3.05, 3.63) is 72.3 Å². The van der Waals surface area contributed by atoms with Crippen LogP contribution >= 0.6 is 0 Å². The smallest absolute Gasteiger partial charge is 0.243 e. The zero-order valence-electron chi connectivity index (χ0n) is 21.8. The van der Waals surface area contributed by atoms with Crippen LogP contribution in [0.25, 0.3) is 10.8 Å². The van der Waals surface area contributed by atoms with Gasteiger partial charge < -0.3 is 15.0 Å². The predicted molar refractivity (Wildman–Crippen MR) is 145 cm³/mol. The maximum Gasteiger partial charge on any atom is 0.243 e. The molecule has 3 aromatic rings. The van der Waals surface area contributed by atoms with E-state index < -0.39 is 28.5 Å². The Morgan fingerprint density at radius 1 is 1.00 bits per heavy atom. The highest BCUT2D eigenvalue weighted by molar-refractivity contribution is 7.89. The number of carbonyl (C=O) groups is 2. The number of hydrogen-bond donors (Lipinski definition) is 1. The largest absolute Gasteiger partial charge is 0.497 e. The second-order valence-corrected chi connectivity index (χ2v) is 11.0. The highest BCUT2D eigenvalue weighted by Gasteiger charge is 2.30. The number of hydrogen-bond acceptors (Lipinski definition) is 5. The van der Waals surface area contributed by atoms with Crippen LogP contribution in [0.1, 0.15) is 32.3 Å². The zero-order valence-corrected chi connectivity index (χ0v) is 22.6. The Kier molecular flexibility index (Phi) is 9.66. The van der Waals surface area contributed by atoms with Gasteiger partial charge in [-0.25, -0.2) is 8.42 Å². The molecule has 0 saturated carbocycles. The first kappa shape index (κ1) is 28.1. The summed E-state index contributed by atoms with van der Waals surface area (Å²) >= 11 is 0. The molecule has 8 nitrogen and oxygen atoms in total. The van der Waals surface area contributed by atoms with E-state index in [0.717, 1.165) is 33.5 Å². The minimum Gasteiger partial charge on any atom is -0.497 e. The van der Waals surface area contributed by atoms with Gasteiger partial charge in [0.1, 0.15) is 11.8 Å². The van der Waals surface area contributed by atoms with E-state index in [1.807, 2.05) is 43.3 Å². The number of ether oxygens (including phenoxy) is 1. The summed E-state index contributed by atoms with van der Waals surface area (Å²) in [6, 6.07) is 18.8. The van der Waals surface area contributed by atoms with Crippen molar-refractivity contribution in [3.63, 3.8) is 0 Å². The van der Waals surface area contributed by atoms with Gasteiger partial charge in [0.05, 0.1) is 18.6 Å². The lowest BCUT2D eigenvalue weighted by Gasteiger charge is -2.30. The molecule has 0 spiro atoms. The molecule has 1 atom stereocenters. The molecular weight excluding hydrogens is 490 g/mol. The van der Waals surface area contributed by atoms with Gasteiger partial charge in [-0.15, -0.1) is 0 Å². The van der Waals surface area contributed by atoms with Crippen molar-refractivity contribution in [1.82, 2.24) is 14.5 Å². The first-order valence-corrected chi connectivity index (χ1v) is 13.8. The van der Waals surface area contributed by atoms with E-state index in [4.69, 9.17) is 4.74 Å². The Labute approximate surface area is 219 Å². The van der Waals surface area contributed by atoms with E-state index in [1.54, 1.807) is 38.3 Å². The lowest BCUT2D eigenvalue weighted by Crippen LogP contribution is -2.50. The van der Waals surface area contributed by atoms with Crippen LogP contribution in [0.2, 0.25) is 0 Å². The van der Waals surface area contributed by atoms with Crippen LogP contribution in [0.3, 0.4) is 0 Å². The molecular formula is C28H35N3O5S. The molecule has 3 aromatic carbocycles. The van der Waals surface area contributed by atoms with Crippen molar-refractivity contribution in [1.29, 1.82) is 0 Å². The maximum absolute atomic E-state index is 13.5. The summed E-state index contributed by atoms with van der Waals surface area (Å²) in [4.78, 5) is 27.8. The number of amides is 2. The summed E-state index contributed by atoms with van der Waals surface area (Å²) in [7, 11) is -0.992. The quantitative estimate of drug-likeness (QED) is 0.363. The summed E-state index contributed by atoms with van der Waals surface area (Å²) in [6.07, 6.45) is 1.76. The summed E-state index contributed by atoms with van der Waals surface area (Å²) < 4.78 is 32.8. The van der Waals surface area contributed by atoms with Gasteiger partial charge in [-0.2, -0.15) is 4.31 Å². The van der Waals surface area contributed by atoms with Crippen LogP contribution in [0, 0.1) is 0 Å². The Bertz CT molecular complexity index is 1330. The number of likely N-dealkylation sites (N-methyl/N-ethyl adjacent to an activating group) is 1. The van der Waals surface area contributed by atoms with E-state index in [0.29, 0.717) is 12.3 Å². The first-order chi connectivity index (χ1) is 17.7.